The van der Waals surface area contributed by atoms with Crippen LogP contribution < -0.4 is 15.8 Å². The van der Waals surface area contributed by atoms with Crippen LogP contribution in [0.3, 0.4) is 0 Å². The fourth-order valence-corrected chi connectivity index (χ4v) is 4.76. The van der Waals surface area contributed by atoms with Gasteiger partial charge in [0, 0.05) is 41.5 Å². The largest absolute Gasteiger partial charge is 0.347 e. The lowest BCUT2D eigenvalue weighted by molar-refractivity contribution is -0.120. The number of carbonyl (C=O) groups is 1. The fraction of sp³-hybridized carbons (Fsp3) is 0.429. The predicted octanol–water partition coefficient (Wildman–Crippen LogP) is 3.92. The van der Waals surface area contributed by atoms with Gasteiger partial charge in [-0.25, -0.2) is 4.98 Å². The van der Waals surface area contributed by atoms with Gasteiger partial charge in [-0.1, -0.05) is 42.3 Å². The van der Waals surface area contributed by atoms with Crippen molar-refractivity contribution in [2.24, 2.45) is 5.92 Å². The summed E-state index contributed by atoms with van der Waals surface area (Å²) in [6.45, 7) is 5.42. The fourth-order valence-electron chi connectivity index (χ4n) is 3.61. The molecule has 3 heterocycles. The van der Waals surface area contributed by atoms with Crippen molar-refractivity contribution in [1.82, 2.24) is 14.6 Å². The number of aromatic nitrogens is 3. The summed E-state index contributed by atoms with van der Waals surface area (Å²) in [5.41, 5.74) is 2.37. The van der Waals surface area contributed by atoms with Crippen molar-refractivity contribution >= 4 is 44.6 Å². The van der Waals surface area contributed by atoms with E-state index in [0.29, 0.717) is 23.1 Å². The van der Waals surface area contributed by atoms with Gasteiger partial charge in [-0.05, 0) is 43.9 Å². The summed E-state index contributed by atoms with van der Waals surface area (Å²) in [6, 6.07) is 7.11. The monoisotopic (exact) mass is 445 g/mol. The lowest BCUT2D eigenvalue weighted by Gasteiger charge is -2.30. The molecule has 2 aromatic heterocycles. The number of nitrogens with zero attached hydrogens (tertiary/aromatic N) is 4. The summed E-state index contributed by atoms with van der Waals surface area (Å²) < 4.78 is 1.37. The second kappa shape index (κ2) is 8.73. The highest BCUT2D eigenvalue weighted by atomic mass is 35.5. The Labute approximate surface area is 183 Å². The third-order valence-corrected chi connectivity index (χ3v) is 6.75. The first-order chi connectivity index (χ1) is 14.4. The van der Waals surface area contributed by atoms with E-state index in [0.717, 1.165) is 47.8 Å². The number of halogens is 1. The van der Waals surface area contributed by atoms with E-state index < -0.39 is 0 Å². The topological polar surface area (TPSA) is 79.6 Å². The van der Waals surface area contributed by atoms with Gasteiger partial charge >= 0.3 is 0 Å². The van der Waals surface area contributed by atoms with Gasteiger partial charge in [0.1, 0.15) is 0 Å². The normalized spacial score (nSPS) is 15.0. The predicted molar refractivity (Wildman–Crippen MR) is 121 cm³/mol. The second-order valence-electron chi connectivity index (χ2n) is 7.63. The summed E-state index contributed by atoms with van der Waals surface area (Å²) in [5, 5.41) is 8.85. The number of hydrogen-bond donors (Lipinski definition) is 1. The molecule has 0 aliphatic carbocycles. The molecule has 1 fully saturated rings. The van der Waals surface area contributed by atoms with Crippen LogP contribution in [-0.4, -0.2) is 33.6 Å². The minimum atomic E-state index is -0.142. The Morgan fingerprint density at radius 2 is 2.07 bits per heavy atom. The molecule has 158 valence electrons. The molecule has 1 N–H and O–H groups in total. The molecule has 0 atom stereocenters. The van der Waals surface area contributed by atoms with E-state index in [1.807, 2.05) is 19.1 Å². The molecular formula is C21H24ClN5O2S. The van der Waals surface area contributed by atoms with Crippen molar-refractivity contribution in [3.8, 4) is 0 Å². The van der Waals surface area contributed by atoms with Crippen LogP contribution in [0, 0.1) is 12.8 Å². The average Bonchev–Trinajstić information content (AvgIpc) is 3.16. The van der Waals surface area contributed by atoms with Crippen LogP contribution in [0.25, 0.3) is 4.96 Å². The number of hydrogen-bond acceptors (Lipinski definition) is 6. The van der Waals surface area contributed by atoms with Crippen LogP contribution in [-0.2, 0) is 11.2 Å². The molecule has 1 saturated heterocycles. The van der Waals surface area contributed by atoms with E-state index in [2.05, 4.69) is 27.2 Å². The highest BCUT2D eigenvalue weighted by Gasteiger charge is 2.27. The van der Waals surface area contributed by atoms with E-state index in [1.165, 1.54) is 15.9 Å². The van der Waals surface area contributed by atoms with Crippen LogP contribution in [0.2, 0.25) is 5.02 Å². The molecule has 0 radical (unpaired) electrons. The van der Waals surface area contributed by atoms with Crippen molar-refractivity contribution in [1.29, 1.82) is 0 Å². The lowest BCUT2D eigenvalue weighted by atomic mass is 9.96. The minimum Gasteiger partial charge on any atom is -0.347 e. The van der Waals surface area contributed by atoms with Gasteiger partial charge in [-0.3, -0.25) is 9.59 Å². The Bertz CT molecular complexity index is 1130. The number of rotatable bonds is 5. The maximum absolute atomic E-state index is 12.7. The molecule has 4 rings (SSSR count). The van der Waals surface area contributed by atoms with E-state index >= 15 is 0 Å². The highest BCUT2D eigenvalue weighted by molar-refractivity contribution is 7.20. The number of benzene rings is 1. The molecule has 1 amide bonds. The molecule has 0 unspecified atom stereocenters. The van der Waals surface area contributed by atoms with Crippen molar-refractivity contribution in [3.63, 3.8) is 0 Å². The van der Waals surface area contributed by atoms with E-state index in [-0.39, 0.29) is 17.4 Å². The zero-order valence-corrected chi connectivity index (χ0v) is 18.6. The number of piperidine rings is 1. The Morgan fingerprint density at radius 1 is 1.30 bits per heavy atom. The zero-order chi connectivity index (χ0) is 21.3. The summed E-state index contributed by atoms with van der Waals surface area (Å²) in [5.74, 6) is -0.0475. The summed E-state index contributed by atoms with van der Waals surface area (Å²) >= 11 is 7.57. The van der Waals surface area contributed by atoms with Crippen molar-refractivity contribution in [2.75, 3.05) is 23.3 Å². The van der Waals surface area contributed by atoms with Gasteiger partial charge in [0.25, 0.3) is 5.56 Å². The van der Waals surface area contributed by atoms with Crippen LogP contribution in [0.5, 0.6) is 0 Å². The number of nitrogens with one attached hydrogen (secondary N) is 1. The quantitative estimate of drug-likeness (QED) is 0.643. The minimum absolute atomic E-state index is 0.0148. The number of fused-ring (bicyclic) bond motifs is 1. The average molecular weight is 446 g/mol. The Hall–Kier alpha value is -2.45. The number of carbonyl (C=O) groups excluding carboxylic acids is 1. The van der Waals surface area contributed by atoms with Gasteiger partial charge in [0.2, 0.25) is 16.0 Å². The Kier molecular flexibility index (Phi) is 6.06. The van der Waals surface area contributed by atoms with Gasteiger partial charge in [0.05, 0.1) is 0 Å². The third kappa shape index (κ3) is 4.34. The Morgan fingerprint density at radius 3 is 2.77 bits per heavy atom. The Balaban J connectivity index is 1.41. The molecule has 7 nitrogen and oxygen atoms in total. The maximum Gasteiger partial charge on any atom is 0.275 e. The van der Waals surface area contributed by atoms with E-state index in [9.17, 15) is 9.59 Å². The van der Waals surface area contributed by atoms with Crippen LogP contribution in [0.4, 0.5) is 10.8 Å². The van der Waals surface area contributed by atoms with Crippen molar-refractivity contribution in [3.05, 3.63) is 50.9 Å². The number of amides is 1. The number of anilines is 2. The molecule has 0 spiro atoms. The second-order valence-corrected chi connectivity index (χ2v) is 8.97. The molecule has 1 aliphatic heterocycles. The van der Waals surface area contributed by atoms with Gasteiger partial charge in [-0.15, -0.1) is 5.10 Å². The molecular weight excluding hydrogens is 422 g/mol. The van der Waals surface area contributed by atoms with Crippen LogP contribution >= 0.6 is 22.9 Å². The van der Waals surface area contributed by atoms with Gasteiger partial charge in [0.15, 0.2) is 0 Å². The van der Waals surface area contributed by atoms with Crippen LogP contribution in [0.1, 0.15) is 37.4 Å². The first kappa shape index (κ1) is 20.8. The van der Waals surface area contributed by atoms with Gasteiger partial charge in [-0.2, -0.15) is 4.52 Å². The van der Waals surface area contributed by atoms with Crippen molar-refractivity contribution in [2.45, 2.75) is 39.5 Å². The molecule has 30 heavy (non-hydrogen) atoms. The van der Waals surface area contributed by atoms with E-state index in [4.69, 9.17) is 11.6 Å². The molecule has 0 bridgehead atoms. The molecule has 1 aliphatic rings. The summed E-state index contributed by atoms with van der Waals surface area (Å²) in [6.07, 6.45) is 3.18. The lowest BCUT2D eigenvalue weighted by Crippen LogP contribution is -2.38. The highest BCUT2D eigenvalue weighted by Crippen LogP contribution is 2.28. The first-order valence-electron chi connectivity index (χ1n) is 10.2. The van der Waals surface area contributed by atoms with E-state index in [1.54, 1.807) is 12.1 Å². The van der Waals surface area contributed by atoms with Gasteiger partial charge < -0.3 is 10.2 Å². The third-order valence-electron chi connectivity index (χ3n) is 5.37. The number of aryl methyl sites for hydroxylation is 2. The van der Waals surface area contributed by atoms with Crippen molar-refractivity contribution < 1.29 is 4.79 Å². The summed E-state index contributed by atoms with van der Waals surface area (Å²) in [7, 11) is 0. The smallest absolute Gasteiger partial charge is 0.275 e. The summed E-state index contributed by atoms with van der Waals surface area (Å²) in [4.78, 5) is 32.3. The molecule has 1 aromatic carbocycles. The molecule has 3 aromatic rings. The zero-order valence-electron chi connectivity index (χ0n) is 17.0. The molecule has 0 saturated carbocycles. The van der Waals surface area contributed by atoms with Crippen LogP contribution in [0.15, 0.2) is 29.1 Å². The SMILES string of the molecule is CCCc1cc(=O)n2nc(N3CCC(C(=O)Nc4ccc(C)c(Cl)c4)CC3)sc2n1. The standard InChI is InChI=1S/C21H24ClN5O2S/c1-3-4-15-12-18(28)27-20(24-15)30-21(25-27)26-9-7-14(8-10-26)19(29)23-16-6-5-13(2)17(22)11-16/h5-6,11-12,14H,3-4,7-10H2,1-2H3,(H,23,29). The maximum atomic E-state index is 12.7. The first-order valence-corrected chi connectivity index (χ1v) is 11.4. The molecule has 9 heteroatoms.